The van der Waals surface area contributed by atoms with E-state index in [4.69, 9.17) is 4.74 Å². The Morgan fingerprint density at radius 2 is 1.70 bits per heavy atom. The second-order valence-corrected chi connectivity index (χ2v) is 5.85. The average Bonchev–Trinajstić information content (AvgIpc) is 2.67. The lowest BCUT2D eigenvalue weighted by Crippen LogP contribution is -2.23. The van der Waals surface area contributed by atoms with E-state index in [1.165, 1.54) is 44.9 Å². The molecule has 1 fully saturated rings. The van der Waals surface area contributed by atoms with Crippen molar-refractivity contribution in [2.24, 2.45) is 5.92 Å². The minimum absolute atomic E-state index is 0.294. The van der Waals surface area contributed by atoms with E-state index >= 15 is 0 Å². The van der Waals surface area contributed by atoms with Gasteiger partial charge in [-0.25, -0.2) is 0 Å². The molecule has 116 valence electrons. The number of aliphatic hydroxyl groups excluding tert-OH is 1. The fraction of sp³-hybridized carbons (Fsp3) is 0.824. The lowest BCUT2D eigenvalue weighted by atomic mass is 10.0. The standard InChI is InChI=1S/C17H30O3/c1-3-4-5-6-7-8-9-10-11-12-13-15-16(18)14(2)20-17(15)19/h12-16,18H,3-11H2,1-2H3/t14-,15+,16+/m1/s1. The summed E-state index contributed by atoms with van der Waals surface area (Å²) in [5.74, 6) is -0.754. The molecule has 0 aromatic carbocycles. The first-order chi connectivity index (χ1) is 9.66. The first-order valence-corrected chi connectivity index (χ1v) is 8.22. The number of carbonyl (C=O) groups excluding carboxylic acids is 1. The highest BCUT2D eigenvalue weighted by atomic mass is 16.6. The smallest absolute Gasteiger partial charge is 0.315 e. The zero-order valence-electron chi connectivity index (χ0n) is 13.0. The molecule has 0 unspecified atom stereocenters. The van der Waals surface area contributed by atoms with Crippen molar-refractivity contribution in [1.29, 1.82) is 0 Å². The summed E-state index contributed by atoms with van der Waals surface area (Å²) in [4.78, 5) is 11.5. The zero-order valence-corrected chi connectivity index (χ0v) is 13.0. The molecule has 0 aromatic heterocycles. The molecule has 0 spiro atoms. The number of allylic oxidation sites excluding steroid dienone is 1. The van der Waals surface area contributed by atoms with E-state index < -0.39 is 12.0 Å². The number of cyclic esters (lactones) is 1. The summed E-state index contributed by atoms with van der Waals surface area (Å²) in [6.45, 7) is 3.97. The highest BCUT2D eigenvalue weighted by Crippen LogP contribution is 2.23. The Morgan fingerprint density at radius 3 is 2.25 bits per heavy atom. The van der Waals surface area contributed by atoms with Crippen molar-refractivity contribution in [1.82, 2.24) is 0 Å². The number of carbonyl (C=O) groups is 1. The van der Waals surface area contributed by atoms with Gasteiger partial charge in [0, 0.05) is 0 Å². The molecule has 0 saturated carbocycles. The van der Waals surface area contributed by atoms with Crippen molar-refractivity contribution >= 4 is 5.97 Å². The van der Waals surface area contributed by atoms with Gasteiger partial charge in [0.15, 0.2) is 0 Å². The normalized spacial score (nSPS) is 26.4. The predicted octanol–water partition coefficient (Wildman–Crippen LogP) is 4.00. The first kappa shape index (κ1) is 17.2. The van der Waals surface area contributed by atoms with E-state index in [0.29, 0.717) is 0 Å². The lowest BCUT2D eigenvalue weighted by Gasteiger charge is -2.07. The van der Waals surface area contributed by atoms with Gasteiger partial charge in [0.25, 0.3) is 0 Å². The third-order valence-corrected chi connectivity index (χ3v) is 3.99. The van der Waals surface area contributed by atoms with Crippen molar-refractivity contribution < 1.29 is 14.6 Å². The molecule has 1 heterocycles. The molecule has 0 aromatic rings. The molecule has 3 atom stereocenters. The Bertz CT molecular complexity index is 299. The Hall–Kier alpha value is -0.830. The molecule has 3 heteroatoms. The van der Waals surface area contributed by atoms with Crippen LogP contribution in [0.1, 0.15) is 71.6 Å². The fourth-order valence-electron chi connectivity index (χ4n) is 2.59. The van der Waals surface area contributed by atoms with Crippen LogP contribution in [0.15, 0.2) is 12.2 Å². The van der Waals surface area contributed by atoms with Gasteiger partial charge in [0.1, 0.15) is 18.1 Å². The number of esters is 1. The molecule has 1 rings (SSSR count). The maximum atomic E-state index is 11.5. The maximum Gasteiger partial charge on any atom is 0.315 e. The Morgan fingerprint density at radius 1 is 1.10 bits per heavy atom. The van der Waals surface area contributed by atoms with Crippen molar-refractivity contribution in [2.45, 2.75) is 83.8 Å². The second-order valence-electron chi connectivity index (χ2n) is 5.85. The zero-order chi connectivity index (χ0) is 14.8. The van der Waals surface area contributed by atoms with Crippen LogP contribution in [0.5, 0.6) is 0 Å². The maximum absolute atomic E-state index is 11.5. The molecule has 0 bridgehead atoms. The first-order valence-electron chi connectivity index (χ1n) is 8.22. The number of hydrogen-bond acceptors (Lipinski definition) is 3. The van der Waals surface area contributed by atoms with Crippen LogP contribution >= 0.6 is 0 Å². The highest BCUT2D eigenvalue weighted by molar-refractivity contribution is 5.77. The van der Waals surface area contributed by atoms with Crippen LogP contribution in [0.25, 0.3) is 0 Å². The molecule has 0 aliphatic carbocycles. The van der Waals surface area contributed by atoms with Gasteiger partial charge in [-0.2, -0.15) is 0 Å². The molecule has 0 amide bonds. The summed E-state index contributed by atoms with van der Waals surface area (Å²) < 4.78 is 4.99. The Balaban J connectivity index is 2.01. The summed E-state index contributed by atoms with van der Waals surface area (Å²) in [5.41, 5.74) is 0. The van der Waals surface area contributed by atoms with Crippen LogP contribution in [0.2, 0.25) is 0 Å². The van der Waals surface area contributed by atoms with Gasteiger partial charge in [-0.3, -0.25) is 4.79 Å². The monoisotopic (exact) mass is 282 g/mol. The highest BCUT2D eigenvalue weighted by Gasteiger charge is 2.39. The molecule has 20 heavy (non-hydrogen) atoms. The van der Waals surface area contributed by atoms with Crippen LogP contribution in [-0.2, 0) is 9.53 Å². The van der Waals surface area contributed by atoms with E-state index in [1.54, 1.807) is 6.92 Å². The molecule has 1 aliphatic heterocycles. The van der Waals surface area contributed by atoms with Gasteiger partial charge >= 0.3 is 5.97 Å². The van der Waals surface area contributed by atoms with Crippen LogP contribution in [-0.4, -0.2) is 23.3 Å². The largest absolute Gasteiger partial charge is 0.459 e. The number of aliphatic hydroxyl groups is 1. The predicted molar refractivity (Wildman–Crippen MR) is 81.4 cm³/mol. The number of unbranched alkanes of at least 4 members (excludes halogenated alkanes) is 8. The van der Waals surface area contributed by atoms with Gasteiger partial charge < -0.3 is 9.84 Å². The minimum atomic E-state index is -0.683. The molecule has 1 saturated heterocycles. The van der Waals surface area contributed by atoms with Crippen LogP contribution in [0.4, 0.5) is 0 Å². The molecule has 1 N–H and O–H groups in total. The third kappa shape index (κ3) is 6.08. The summed E-state index contributed by atoms with van der Waals surface area (Å²) in [6, 6.07) is 0. The lowest BCUT2D eigenvalue weighted by molar-refractivity contribution is -0.142. The summed E-state index contributed by atoms with van der Waals surface area (Å²) in [7, 11) is 0. The topological polar surface area (TPSA) is 46.5 Å². The van der Waals surface area contributed by atoms with Crippen LogP contribution < -0.4 is 0 Å². The summed E-state index contributed by atoms with van der Waals surface area (Å²) in [6.07, 6.45) is 14.2. The SMILES string of the molecule is CCCCCCCCCCC=C[C@@H]1C(=O)O[C@H](C)[C@@H]1O. The summed E-state index contributed by atoms with van der Waals surface area (Å²) in [5, 5.41) is 9.77. The third-order valence-electron chi connectivity index (χ3n) is 3.99. The van der Waals surface area contributed by atoms with E-state index in [-0.39, 0.29) is 12.1 Å². The van der Waals surface area contributed by atoms with Crippen molar-refractivity contribution in [3.05, 3.63) is 12.2 Å². The molecule has 3 nitrogen and oxygen atoms in total. The molecule has 0 radical (unpaired) electrons. The van der Waals surface area contributed by atoms with Crippen molar-refractivity contribution in [2.75, 3.05) is 0 Å². The average molecular weight is 282 g/mol. The van der Waals surface area contributed by atoms with Crippen LogP contribution in [0.3, 0.4) is 0 Å². The second kappa shape index (κ2) is 9.98. The minimum Gasteiger partial charge on any atom is -0.459 e. The molecular weight excluding hydrogens is 252 g/mol. The van der Waals surface area contributed by atoms with Gasteiger partial charge in [0.2, 0.25) is 0 Å². The molecular formula is C17H30O3. The van der Waals surface area contributed by atoms with E-state index in [0.717, 1.165) is 12.8 Å². The van der Waals surface area contributed by atoms with Crippen molar-refractivity contribution in [3.8, 4) is 0 Å². The van der Waals surface area contributed by atoms with E-state index in [9.17, 15) is 9.90 Å². The Labute approximate surface area is 123 Å². The summed E-state index contributed by atoms with van der Waals surface area (Å²) >= 11 is 0. The van der Waals surface area contributed by atoms with Crippen molar-refractivity contribution in [3.63, 3.8) is 0 Å². The molecule has 1 aliphatic rings. The fourth-order valence-corrected chi connectivity index (χ4v) is 2.59. The Kier molecular flexibility index (Phi) is 8.59. The van der Waals surface area contributed by atoms with E-state index in [2.05, 4.69) is 6.92 Å². The number of ether oxygens (including phenoxy) is 1. The van der Waals surface area contributed by atoms with Crippen LogP contribution in [0, 0.1) is 5.92 Å². The van der Waals surface area contributed by atoms with Gasteiger partial charge in [0.05, 0.1) is 0 Å². The van der Waals surface area contributed by atoms with Gasteiger partial charge in [-0.1, -0.05) is 64.0 Å². The number of hydrogen-bond donors (Lipinski definition) is 1. The van der Waals surface area contributed by atoms with Gasteiger partial charge in [-0.05, 0) is 19.8 Å². The van der Waals surface area contributed by atoms with Gasteiger partial charge in [-0.15, -0.1) is 0 Å². The quantitative estimate of drug-likeness (QED) is 0.374. The van der Waals surface area contributed by atoms with E-state index in [1.807, 2.05) is 12.2 Å². The number of rotatable bonds is 10.